The number of aromatic nitrogens is 3. The summed E-state index contributed by atoms with van der Waals surface area (Å²) in [6.45, 7) is 4.08. The fourth-order valence-corrected chi connectivity index (χ4v) is 2.33. The molecule has 0 bridgehead atoms. The van der Waals surface area contributed by atoms with Crippen molar-refractivity contribution in [3.8, 4) is 0 Å². The van der Waals surface area contributed by atoms with Gasteiger partial charge in [0.1, 0.15) is 0 Å². The minimum Gasteiger partial charge on any atom is -0.381 e. The highest BCUT2D eigenvalue weighted by atomic mass is 16.5. The van der Waals surface area contributed by atoms with Crippen molar-refractivity contribution >= 4 is 0 Å². The number of ether oxygens (including phenoxy) is 1. The zero-order chi connectivity index (χ0) is 13.0. The van der Waals surface area contributed by atoms with Crippen molar-refractivity contribution in [2.75, 3.05) is 40.4 Å². The lowest BCUT2D eigenvalue weighted by Crippen LogP contribution is -2.21. The molecule has 1 unspecified atom stereocenters. The molecule has 6 heteroatoms. The Morgan fingerprint density at radius 2 is 2.33 bits per heavy atom. The first-order valence-electron chi connectivity index (χ1n) is 6.57. The molecular weight excluding hydrogens is 230 g/mol. The largest absolute Gasteiger partial charge is 0.381 e. The average Bonchev–Trinajstić information content (AvgIpc) is 2.95. The van der Waals surface area contributed by atoms with E-state index < -0.39 is 0 Å². The van der Waals surface area contributed by atoms with Crippen LogP contribution in [-0.4, -0.2) is 60.3 Å². The van der Waals surface area contributed by atoms with Crippen molar-refractivity contribution in [1.82, 2.24) is 19.9 Å². The van der Waals surface area contributed by atoms with E-state index in [0.29, 0.717) is 12.5 Å². The second kappa shape index (κ2) is 6.26. The summed E-state index contributed by atoms with van der Waals surface area (Å²) in [5.41, 5.74) is 7.93. The molecule has 1 atom stereocenters. The monoisotopic (exact) mass is 253 g/mol. The van der Waals surface area contributed by atoms with Crippen LogP contribution < -0.4 is 5.73 Å². The Labute approximate surface area is 108 Å². The molecule has 1 aromatic rings. The van der Waals surface area contributed by atoms with Crippen molar-refractivity contribution in [3.63, 3.8) is 0 Å². The third-order valence-corrected chi connectivity index (χ3v) is 3.30. The molecule has 6 nitrogen and oxygen atoms in total. The third-order valence-electron chi connectivity index (χ3n) is 3.30. The summed E-state index contributed by atoms with van der Waals surface area (Å²) in [5, 5.41) is 8.57. The molecule has 0 aromatic carbocycles. The van der Waals surface area contributed by atoms with E-state index in [1.165, 1.54) is 5.69 Å². The van der Waals surface area contributed by atoms with Crippen LogP contribution in [-0.2, 0) is 17.7 Å². The number of rotatable bonds is 6. The minimum atomic E-state index is 0.434. The summed E-state index contributed by atoms with van der Waals surface area (Å²) < 4.78 is 7.52. The van der Waals surface area contributed by atoms with Crippen LogP contribution >= 0.6 is 0 Å². The van der Waals surface area contributed by atoms with Gasteiger partial charge in [0, 0.05) is 25.5 Å². The Balaban J connectivity index is 2.16. The average molecular weight is 253 g/mol. The maximum absolute atomic E-state index is 5.64. The summed E-state index contributed by atoms with van der Waals surface area (Å²) in [4.78, 5) is 2.15. The smallest absolute Gasteiger partial charge is 0.0875 e. The molecule has 0 radical (unpaired) electrons. The molecule has 2 heterocycles. The zero-order valence-electron chi connectivity index (χ0n) is 11.3. The summed E-state index contributed by atoms with van der Waals surface area (Å²) in [7, 11) is 4.13. The molecular formula is C12H23N5O. The van der Waals surface area contributed by atoms with Crippen LogP contribution in [0.4, 0.5) is 0 Å². The second-order valence-corrected chi connectivity index (χ2v) is 5.05. The van der Waals surface area contributed by atoms with Gasteiger partial charge in [-0.15, -0.1) is 5.10 Å². The lowest BCUT2D eigenvalue weighted by molar-refractivity contribution is 0.192. The molecule has 102 valence electrons. The van der Waals surface area contributed by atoms with Crippen LogP contribution in [0.1, 0.15) is 23.7 Å². The SMILES string of the molecule is CN(C)CCn1nnc(CCN)c1C1CCOC1. The van der Waals surface area contributed by atoms with Gasteiger partial charge < -0.3 is 15.4 Å². The van der Waals surface area contributed by atoms with Gasteiger partial charge in [0.2, 0.25) is 0 Å². The fourth-order valence-electron chi connectivity index (χ4n) is 2.33. The quantitative estimate of drug-likeness (QED) is 0.763. The predicted octanol–water partition coefficient (Wildman–Crippen LogP) is -0.155. The number of nitrogens with two attached hydrogens (primary N) is 1. The van der Waals surface area contributed by atoms with Gasteiger partial charge in [0.25, 0.3) is 0 Å². The molecule has 1 aliphatic heterocycles. The molecule has 18 heavy (non-hydrogen) atoms. The number of hydrogen-bond acceptors (Lipinski definition) is 5. The van der Waals surface area contributed by atoms with E-state index in [2.05, 4.69) is 29.3 Å². The van der Waals surface area contributed by atoms with Crippen molar-refractivity contribution < 1.29 is 4.74 Å². The second-order valence-electron chi connectivity index (χ2n) is 5.05. The van der Waals surface area contributed by atoms with Gasteiger partial charge in [-0.2, -0.15) is 0 Å². The van der Waals surface area contributed by atoms with E-state index >= 15 is 0 Å². The zero-order valence-corrected chi connectivity index (χ0v) is 11.3. The molecule has 0 saturated carbocycles. The van der Waals surface area contributed by atoms with E-state index in [0.717, 1.165) is 44.8 Å². The molecule has 1 aliphatic rings. The van der Waals surface area contributed by atoms with E-state index in [-0.39, 0.29) is 0 Å². The van der Waals surface area contributed by atoms with Gasteiger partial charge in [-0.3, -0.25) is 0 Å². The summed E-state index contributed by atoms with van der Waals surface area (Å²) in [5.74, 6) is 0.434. The Bertz CT molecular complexity index is 371. The first-order chi connectivity index (χ1) is 8.72. The predicted molar refractivity (Wildman–Crippen MR) is 69.5 cm³/mol. The first-order valence-corrected chi connectivity index (χ1v) is 6.57. The molecule has 2 N–H and O–H groups in total. The van der Waals surface area contributed by atoms with Crippen molar-refractivity contribution in [1.29, 1.82) is 0 Å². The van der Waals surface area contributed by atoms with E-state index in [4.69, 9.17) is 10.5 Å². The van der Waals surface area contributed by atoms with Crippen molar-refractivity contribution in [3.05, 3.63) is 11.4 Å². The van der Waals surface area contributed by atoms with Gasteiger partial charge in [-0.05, 0) is 27.1 Å². The summed E-state index contributed by atoms with van der Waals surface area (Å²) >= 11 is 0. The highest BCUT2D eigenvalue weighted by Crippen LogP contribution is 2.27. The van der Waals surface area contributed by atoms with Gasteiger partial charge in [-0.25, -0.2) is 4.68 Å². The van der Waals surface area contributed by atoms with Crippen molar-refractivity contribution in [2.24, 2.45) is 5.73 Å². The Kier molecular flexibility index (Phi) is 4.68. The summed E-state index contributed by atoms with van der Waals surface area (Å²) in [6.07, 6.45) is 1.86. The molecule has 1 saturated heterocycles. The lowest BCUT2D eigenvalue weighted by Gasteiger charge is -2.14. The maximum atomic E-state index is 5.64. The molecule has 0 aliphatic carbocycles. The van der Waals surface area contributed by atoms with E-state index in [1.54, 1.807) is 0 Å². The minimum absolute atomic E-state index is 0.434. The molecule has 1 fully saturated rings. The number of hydrogen-bond donors (Lipinski definition) is 1. The molecule has 2 rings (SSSR count). The standard InChI is InChI=1S/C12H23N5O/c1-16(2)6-7-17-12(10-4-8-18-9-10)11(3-5-13)14-15-17/h10H,3-9,13H2,1-2H3. The van der Waals surface area contributed by atoms with Crippen LogP contribution in [0.25, 0.3) is 0 Å². The van der Waals surface area contributed by atoms with Crippen LogP contribution in [0.3, 0.4) is 0 Å². The first kappa shape index (κ1) is 13.5. The number of nitrogens with zero attached hydrogens (tertiary/aromatic N) is 4. The number of likely N-dealkylation sites (N-methyl/N-ethyl adjacent to an activating group) is 1. The lowest BCUT2D eigenvalue weighted by atomic mass is 10.0. The van der Waals surface area contributed by atoms with Crippen LogP contribution in [0.2, 0.25) is 0 Å². The Morgan fingerprint density at radius 1 is 1.50 bits per heavy atom. The van der Waals surface area contributed by atoms with E-state index in [1.807, 2.05) is 4.68 Å². The van der Waals surface area contributed by atoms with Gasteiger partial charge in [-0.1, -0.05) is 5.21 Å². The van der Waals surface area contributed by atoms with Gasteiger partial charge >= 0.3 is 0 Å². The van der Waals surface area contributed by atoms with Crippen LogP contribution in [0.5, 0.6) is 0 Å². The molecule has 0 amide bonds. The Hall–Kier alpha value is -0.980. The highest BCUT2D eigenvalue weighted by Gasteiger charge is 2.25. The topological polar surface area (TPSA) is 69.2 Å². The highest BCUT2D eigenvalue weighted by molar-refractivity contribution is 5.17. The summed E-state index contributed by atoms with van der Waals surface area (Å²) in [6, 6.07) is 0. The molecule has 0 spiro atoms. The third kappa shape index (κ3) is 3.07. The molecule has 1 aromatic heterocycles. The van der Waals surface area contributed by atoms with E-state index in [9.17, 15) is 0 Å². The Morgan fingerprint density at radius 3 is 2.94 bits per heavy atom. The maximum Gasteiger partial charge on any atom is 0.0875 e. The van der Waals surface area contributed by atoms with Crippen LogP contribution in [0.15, 0.2) is 0 Å². The van der Waals surface area contributed by atoms with Gasteiger partial charge in [0.05, 0.1) is 24.5 Å². The van der Waals surface area contributed by atoms with Gasteiger partial charge in [0.15, 0.2) is 0 Å². The fraction of sp³-hybridized carbons (Fsp3) is 0.833. The van der Waals surface area contributed by atoms with Crippen molar-refractivity contribution in [2.45, 2.75) is 25.3 Å². The normalized spacial score (nSPS) is 19.9. The van der Waals surface area contributed by atoms with Crippen LogP contribution in [0, 0.1) is 0 Å².